The molecule has 3 aromatic carbocycles. The van der Waals surface area contributed by atoms with Crippen LogP contribution >= 0.6 is 0 Å². The maximum atomic E-state index is 13.3. The number of fused-ring (bicyclic) bond motifs is 1. The average molecular weight is 564 g/mol. The van der Waals surface area contributed by atoms with Crippen molar-refractivity contribution in [1.82, 2.24) is 4.31 Å². The number of carbonyl (C=O) groups excluding carboxylic acids is 1. The summed E-state index contributed by atoms with van der Waals surface area (Å²) in [6, 6.07) is 22.2. The van der Waals surface area contributed by atoms with Crippen molar-refractivity contribution in [1.29, 1.82) is 0 Å². The smallest absolute Gasteiger partial charge is 0.258 e. The monoisotopic (exact) mass is 563 g/mol. The molecule has 1 aliphatic rings. The van der Waals surface area contributed by atoms with Gasteiger partial charge >= 0.3 is 0 Å². The zero-order chi connectivity index (χ0) is 28.6. The third-order valence-corrected chi connectivity index (χ3v) is 13.7. The molecule has 39 heavy (non-hydrogen) atoms. The third-order valence-electron chi connectivity index (χ3n) is 7.46. The molecule has 0 unspecified atom stereocenters. The molecule has 0 spiro atoms. The summed E-state index contributed by atoms with van der Waals surface area (Å²) in [4.78, 5) is 13.4. The number of hydrogen-bond donors (Lipinski definition) is 2. The Bertz CT molecular complexity index is 1510. The Morgan fingerprint density at radius 3 is 2.21 bits per heavy atom. The molecular weight excluding hydrogens is 527 g/mol. The molecule has 0 atom stereocenters. The lowest BCUT2D eigenvalue weighted by atomic mass is 10.00. The van der Waals surface area contributed by atoms with Crippen molar-refractivity contribution in [3.8, 4) is 0 Å². The molecule has 0 saturated heterocycles. The predicted molar refractivity (Wildman–Crippen MR) is 161 cm³/mol. The van der Waals surface area contributed by atoms with Gasteiger partial charge in [-0.3, -0.25) is 4.79 Å². The van der Waals surface area contributed by atoms with E-state index >= 15 is 0 Å². The van der Waals surface area contributed by atoms with Crippen molar-refractivity contribution in [2.45, 2.75) is 50.4 Å². The Labute approximate surface area is 233 Å². The molecule has 0 radical (unpaired) electrons. The standard InChI is InChI=1S/C30H37N3O4SSi/c1-30(2,3)39(6,7)37-20-21-13-15-23(16-14-21)31-28(22-11-9-8-10-12-22)27-25-19-24(38(35,36)33(4)5)17-18-26(25)32-29(27)34/h8-19,31H,20H2,1-7H3,(H,32,34)/b28-27-. The van der Waals surface area contributed by atoms with Gasteiger partial charge in [-0.2, -0.15) is 0 Å². The summed E-state index contributed by atoms with van der Waals surface area (Å²) in [5, 5.41) is 6.46. The van der Waals surface area contributed by atoms with E-state index in [1.54, 1.807) is 12.1 Å². The van der Waals surface area contributed by atoms with E-state index in [4.69, 9.17) is 4.43 Å². The second-order valence-electron chi connectivity index (χ2n) is 11.4. The highest BCUT2D eigenvalue weighted by Gasteiger charge is 2.37. The fraction of sp³-hybridized carbons (Fsp3) is 0.300. The SMILES string of the molecule is CN(C)S(=O)(=O)c1ccc2c(c1)/C(=C(/Nc1ccc(CO[Si](C)(C)C(C)(C)C)cc1)c1ccccc1)C(=O)N2. The van der Waals surface area contributed by atoms with Crippen molar-refractivity contribution in [3.63, 3.8) is 0 Å². The first-order chi connectivity index (χ1) is 18.2. The van der Waals surface area contributed by atoms with Gasteiger partial charge in [0, 0.05) is 31.0 Å². The van der Waals surface area contributed by atoms with Gasteiger partial charge in [0.15, 0.2) is 8.32 Å². The second-order valence-corrected chi connectivity index (χ2v) is 18.4. The highest BCUT2D eigenvalue weighted by Crippen LogP contribution is 2.39. The number of sulfonamides is 1. The van der Waals surface area contributed by atoms with E-state index < -0.39 is 18.3 Å². The van der Waals surface area contributed by atoms with E-state index in [-0.39, 0.29) is 15.8 Å². The largest absolute Gasteiger partial charge is 0.413 e. The van der Waals surface area contributed by atoms with Crippen LogP contribution in [0.5, 0.6) is 0 Å². The van der Waals surface area contributed by atoms with Gasteiger partial charge in [0.2, 0.25) is 10.0 Å². The van der Waals surface area contributed by atoms with Crippen LogP contribution in [0.2, 0.25) is 18.1 Å². The zero-order valence-corrected chi connectivity index (χ0v) is 25.4. The molecule has 206 valence electrons. The van der Waals surface area contributed by atoms with Gasteiger partial charge < -0.3 is 15.1 Å². The summed E-state index contributed by atoms with van der Waals surface area (Å²) in [6.45, 7) is 11.7. The minimum Gasteiger partial charge on any atom is -0.413 e. The molecule has 3 aromatic rings. The van der Waals surface area contributed by atoms with Crippen LogP contribution < -0.4 is 10.6 Å². The topological polar surface area (TPSA) is 87.7 Å². The van der Waals surface area contributed by atoms with Gasteiger partial charge in [0.05, 0.1) is 22.8 Å². The molecule has 1 amide bonds. The summed E-state index contributed by atoms with van der Waals surface area (Å²) in [5.74, 6) is -0.296. The molecule has 0 fully saturated rings. The minimum absolute atomic E-state index is 0.124. The first-order valence-corrected chi connectivity index (χ1v) is 17.2. The molecule has 2 N–H and O–H groups in total. The van der Waals surface area contributed by atoms with Crippen LogP contribution in [0.15, 0.2) is 77.7 Å². The predicted octanol–water partition coefficient (Wildman–Crippen LogP) is 6.39. The van der Waals surface area contributed by atoms with Gasteiger partial charge in [-0.25, -0.2) is 12.7 Å². The van der Waals surface area contributed by atoms with Crippen LogP contribution in [0, 0.1) is 0 Å². The Morgan fingerprint density at radius 2 is 1.62 bits per heavy atom. The summed E-state index contributed by atoms with van der Waals surface area (Å²) in [7, 11) is -2.57. The highest BCUT2D eigenvalue weighted by atomic mass is 32.2. The van der Waals surface area contributed by atoms with Crippen LogP contribution in [0.1, 0.15) is 37.5 Å². The maximum absolute atomic E-state index is 13.3. The Hall–Kier alpha value is -3.24. The van der Waals surface area contributed by atoms with Gasteiger partial charge in [0.25, 0.3) is 5.91 Å². The molecule has 0 saturated carbocycles. The lowest BCUT2D eigenvalue weighted by molar-refractivity contribution is -0.110. The second kappa shape index (κ2) is 10.7. The fourth-order valence-electron chi connectivity index (χ4n) is 3.96. The van der Waals surface area contributed by atoms with E-state index in [9.17, 15) is 13.2 Å². The molecule has 7 nitrogen and oxygen atoms in total. The summed E-state index contributed by atoms with van der Waals surface area (Å²) >= 11 is 0. The van der Waals surface area contributed by atoms with Crippen molar-refractivity contribution < 1.29 is 17.6 Å². The van der Waals surface area contributed by atoms with E-state index in [0.717, 1.165) is 21.1 Å². The molecule has 1 aliphatic heterocycles. The molecule has 9 heteroatoms. The maximum Gasteiger partial charge on any atom is 0.258 e. The Morgan fingerprint density at radius 1 is 0.974 bits per heavy atom. The summed E-state index contributed by atoms with van der Waals surface area (Å²) in [5.41, 5.74) is 4.77. The van der Waals surface area contributed by atoms with Gasteiger partial charge in [-0.1, -0.05) is 63.2 Å². The van der Waals surface area contributed by atoms with Crippen molar-refractivity contribution >= 4 is 46.9 Å². The van der Waals surface area contributed by atoms with Crippen LogP contribution in [0.25, 0.3) is 11.3 Å². The molecule has 0 aliphatic carbocycles. The number of hydrogen-bond acceptors (Lipinski definition) is 5. The number of nitrogens with zero attached hydrogens (tertiary/aromatic N) is 1. The van der Waals surface area contributed by atoms with Crippen molar-refractivity contribution in [2.24, 2.45) is 0 Å². The molecule has 0 aromatic heterocycles. The number of rotatable bonds is 8. The lowest BCUT2D eigenvalue weighted by Gasteiger charge is -2.36. The highest BCUT2D eigenvalue weighted by molar-refractivity contribution is 7.89. The molecule has 4 rings (SSSR count). The van der Waals surface area contributed by atoms with Gasteiger partial charge in [-0.05, 0) is 59.6 Å². The zero-order valence-electron chi connectivity index (χ0n) is 23.6. The van der Waals surface area contributed by atoms with Crippen LogP contribution in [0.4, 0.5) is 11.4 Å². The van der Waals surface area contributed by atoms with Gasteiger partial charge in [-0.15, -0.1) is 0 Å². The third kappa shape index (κ3) is 6.01. The first kappa shape index (κ1) is 28.8. The number of carbonyl (C=O) groups is 1. The average Bonchev–Trinajstić information content (AvgIpc) is 3.21. The normalized spacial score (nSPS) is 15.2. The molecule has 0 bridgehead atoms. The number of anilines is 2. The van der Waals surface area contributed by atoms with E-state index in [0.29, 0.717) is 29.1 Å². The van der Waals surface area contributed by atoms with Gasteiger partial charge in [0.1, 0.15) is 0 Å². The number of benzene rings is 3. The Balaban J connectivity index is 1.72. The molecule has 1 heterocycles. The fourth-order valence-corrected chi connectivity index (χ4v) is 5.85. The van der Waals surface area contributed by atoms with Crippen LogP contribution in [-0.4, -0.2) is 41.0 Å². The van der Waals surface area contributed by atoms with E-state index in [2.05, 4.69) is 44.5 Å². The number of nitrogens with one attached hydrogen (secondary N) is 2. The van der Waals surface area contributed by atoms with Crippen molar-refractivity contribution in [3.05, 3.63) is 89.5 Å². The quantitative estimate of drug-likeness (QED) is 0.245. The first-order valence-electron chi connectivity index (χ1n) is 12.9. The minimum atomic E-state index is -3.68. The number of amides is 1. The Kier molecular flexibility index (Phi) is 7.91. The summed E-state index contributed by atoms with van der Waals surface area (Å²) < 4.78 is 33.2. The molecular formula is C30H37N3O4SSi. The summed E-state index contributed by atoms with van der Waals surface area (Å²) in [6.07, 6.45) is 0. The lowest BCUT2D eigenvalue weighted by Crippen LogP contribution is -2.40. The van der Waals surface area contributed by atoms with Crippen LogP contribution in [-0.2, 0) is 25.9 Å². The van der Waals surface area contributed by atoms with Crippen LogP contribution in [0.3, 0.4) is 0 Å². The van der Waals surface area contributed by atoms with E-state index in [1.807, 2.05) is 54.6 Å². The van der Waals surface area contributed by atoms with Crippen molar-refractivity contribution in [2.75, 3.05) is 24.7 Å². The van der Waals surface area contributed by atoms with E-state index in [1.165, 1.54) is 20.2 Å².